The summed E-state index contributed by atoms with van der Waals surface area (Å²) >= 11 is 0. The van der Waals surface area contributed by atoms with Gasteiger partial charge in [-0.3, -0.25) is 15.0 Å². The van der Waals surface area contributed by atoms with Crippen molar-refractivity contribution in [3.8, 4) is 0 Å². The van der Waals surface area contributed by atoms with E-state index in [0.717, 1.165) is 17.7 Å². The average Bonchev–Trinajstić information content (AvgIpc) is 2.49. The lowest BCUT2D eigenvalue weighted by Gasteiger charge is -2.34. The molecule has 0 unspecified atom stereocenters. The SMILES string of the molecule is CNC1CCC(N(C)Cc2cccc([N+](=O)[O-])c2C)CC1. The lowest BCUT2D eigenvalue weighted by atomic mass is 9.90. The number of nitrogens with zero attached hydrogens (tertiary/aromatic N) is 2. The molecule has 0 amide bonds. The molecule has 116 valence electrons. The summed E-state index contributed by atoms with van der Waals surface area (Å²) in [5.41, 5.74) is 2.07. The van der Waals surface area contributed by atoms with Gasteiger partial charge in [-0.05, 0) is 52.3 Å². The van der Waals surface area contributed by atoms with Crippen LogP contribution in [0, 0.1) is 17.0 Å². The molecule has 0 aromatic heterocycles. The van der Waals surface area contributed by atoms with Crippen LogP contribution in [0.25, 0.3) is 0 Å². The lowest BCUT2D eigenvalue weighted by Crippen LogP contribution is -2.39. The Kier molecular flexibility index (Phi) is 5.31. The molecule has 5 nitrogen and oxygen atoms in total. The van der Waals surface area contributed by atoms with Crippen molar-refractivity contribution in [3.05, 3.63) is 39.4 Å². The van der Waals surface area contributed by atoms with Crippen LogP contribution in [-0.4, -0.2) is 36.0 Å². The molecule has 0 saturated heterocycles. The highest BCUT2D eigenvalue weighted by molar-refractivity contribution is 5.44. The largest absolute Gasteiger partial charge is 0.317 e. The van der Waals surface area contributed by atoms with E-state index in [1.54, 1.807) is 12.1 Å². The van der Waals surface area contributed by atoms with Gasteiger partial charge in [0, 0.05) is 30.3 Å². The highest BCUT2D eigenvalue weighted by Gasteiger charge is 2.24. The van der Waals surface area contributed by atoms with Crippen molar-refractivity contribution in [1.29, 1.82) is 0 Å². The zero-order valence-corrected chi connectivity index (χ0v) is 13.1. The molecule has 2 rings (SSSR count). The molecule has 0 aliphatic heterocycles. The van der Waals surface area contributed by atoms with Gasteiger partial charge in [-0.25, -0.2) is 0 Å². The minimum absolute atomic E-state index is 0.222. The molecule has 1 aromatic rings. The first-order valence-electron chi connectivity index (χ1n) is 7.63. The number of nitro groups is 1. The third-order valence-corrected chi connectivity index (χ3v) is 4.76. The maximum absolute atomic E-state index is 11.0. The Labute approximate surface area is 126 Å². The summed E-state index contributed by atoms with van der Waals surface area (Å²) in [5, 5.41) is 14.4. The molecule has 1 fully saturated rings. The third-order valence-electron chi connectivity index (χ3n) is 4.76. The van der Waals surface area contributed by atoms with Crippen LogP contribution in [0.4, 0.5) is 5.69 Å². The van der Waals surface area contributed by atoms with E-state index >= 15 is 0 Å². The van der Waals surface area contributed by atoms with Gasteiger partial charge in [0.25, 0.3) is 5.69 Å². The summed E-state index contributed by atoms with van der Waals surface area (Å²) in [7, 11) is 4.16. The molecule has 0 spiro atoms. The van der Waals surface area contributed by atoms with E-state index in [1.807, 2.05) is 20.0 Å². The van der Waals surface area contributed by atoms with E-state index in [-0.39, 0.29) is 10.6 Å². The molecule has 0 radical (unpaired) electrons. The Morgan fingerprint density at radius 1 is 1.33 bits per heavy atom. The van der Waals surface area contributed by atoms with Crippen LogP contribution in [0.1, 0.15) is 36.8 Å². The Bertz CT molecular complexity index is 496. The predicted octanol–water partition coefficient (Wildman–Crippen LogP) is 2.87. The van der Waals surface area contributed by atoms with Gasteiger partial charge in [-0.1, -0.05) is 12.1 Å². The van der Waals surface area contributed by atoms with E-state index in [0.29, 0.717) is 12.1 Å². The fourth-order valence-corrected chi connectivity index (χ4v) is 3.24. The molecule has 0 heterocycles. The number of nitrogens with one attached hydrogen (secondary N) is 1. The Hall–Kier alpha value is -1.46. The highest BCUT2D eigenvalue weighted by atomic mass is 16.6. The first-order chi connectivity index (χ1) is 10.0. The number of hydrogen-bond acceptors (Lipinski definition) is 4. The van der Waals surface area contributed by atoms with Crippen molar-refractivity contribution in [2.75, 3.05) is 14.1 Å². The van der Waals surface area contributed by atoms with E-state index in [4.69, 9.17) is 0 Å². The maximum atomic E-state index is 11.0. The minimum Gasteiger partial charge on any atom is -0.317 e. The lowest BCUT2D eigenvalue weighted by molar-refractivity contribution is -0.385. The molecular weight excluding hydrogens is 266 g/mol. The Morgan fingerprint density at radius 3 is 2.57 bits per heavy atom. The topological polar surface area (TPSA) is 58.4 Å². The van der Waals surface area contributed by atoms with Gasteiger partial charge < -0.3 is 5.32 Å². The van der Waals surface area contributed by atoms with Crippen LogP contribution >= 0.6 is 0 Å². The summed E-state index contributed by atoms with van der Waals surface area (Å²) in [6.07, 6.45) is 4.80. The molecule has 0 bridgehead atoms. The number of rotatable bonds is 5. The molecule has 21 heavy (non-hydrogen) atoms. The smallest absolute Gasteiger partial charge is 0.272 e. The number of nitro benzene ring substituents is 1. The van der Waals surface area contributed by atoms with E-state index in [2.05, 4.69) is 17.3 Å². The van der Waals surface area contributed by atoms with Crippen molar-refractivity contribution in [2.45, 2.75) is 51.2 Å². The molecule has 1 aromatic carbocycles. The second-order valence-corrected chi connectivity index (χ2v) is 6.03. The second-order valence-electron chi connectivity index (χ2n) is 6.03. The molecule has 5 heteroatoms. The summed E-state index contributed by atoms with van der Waals surface area (Å²) < 4.78 is 0. The minimum atomic E-state index is -0.295. The first kappa shape index (κ1) is 15.9. The van der Waals surface area contributed by atoms with Crippen molar-refractivity contribution in [1.82, 2.24) is 10.2 Å². The van der Waals surface area contributed by atoms with Gasteiger partial charge in [-0.2, -0.15) is 0 Å². The van der Waals surface area contributed by atoms with Crippen LogP contribution < -0.4 is 5.32 Å². The first-order valence-corrected chi connectivity index (χ1v) is 7.63. The quantitative estimate of drug-likeness (QED) is 0.669. The van der Waals surface area contributed by atoms with Gasteiger partial charge in [0.15, 0.2) is 0 Å². The van der Waals surface area contributed by atoms with Crippen molar-refractivity contribution >= 4 is 5.69 Å². The zero-order chi connectivity index (χ0) is 15.4. The van der Waals surface area contributed by atoms with Crippen LogP contribution in [0.2, 0.25) is 0 Å². The van der Waals surface area contributed by atoms with Crippen molar-refractivity contribution < 1.29 is 4.92 Å². The summed E-state index contributed by atoms with van der Waals surface area (Å²) in [6, 6.07) is 6.59. The molecule has 1 saturated carbocycles. The fourth-order valence-electron chi connectivity index (χ4n) is 3.24. The van der Waals surface area contributed by atoms with Crippen LogP contribution in [-0.2, 0) is 6.54 Å². The highest BCUT2D eigenvalue weighted by Crippen LogP contribution is 2.26. The second kappa shape index (κ2) is 7.00. The Balaban J connectivity index is 2.02. The van der Waals surface area contributed by atoms with Gasteiger partial charge in [-0.15, -0.1) is 0 Å². The third kappa shape index (κ3) is 3.80. The van der Waals surface area contributed by atoms with Gasteiger partial charge in [0.2, 0.25) is 0 Å². The summed E-state index contributed by atoms with van der Waals surface area (Å²) in [5.74, 6) is 0. The van der Waals surface area contributed by atoms with Gasteiger partial charge in [0.05, 0.1) is 4.92 Å². The monoisotopic (exact) mass is 291 g/mol. The van der Waals surface area contributed by atoms with E-state index in [9.17, 15) is 10.1 Å². The standard InChI is InChI=1S/C16H25N3O2/c1-12-13(5-4-6-16(12)19(20)21)11-18(3)15-9-7-14(17-2)8-10-15/h4-6,14-15,17H,7-11H2,1-3H3. The maximum Gasteiger partial charge on any atom is 0.272 e. The average molecular weight is 291 g/mol. The summed E-state index contributed by atoms with van der Waals surface area (Å²) in [6.45, 7) is 2.63. The number of benzene rings is 1. The molecule has 1 N–H and O–H groups in total. The van der Waals surface area contributed by atoms with Gasteiger partial charge in [0.1, 0.15) is 0 Å². The Morgan fingerprint density at radius 2 is 2.00 bits per heavy atom. The summed E-state index contributed by atoms with van der Waals surface area (Å²) in [4.78, 5) is 13.1. The molecule has 0 atom stereocenters. The van der Waals surface area contributed by atoms with E-state index < -0.39 is 0 Å². The molecular formula is C16H25N3O2. The van der Waals surface area contributed by atoms with Crippen molar-refractivity contribution in [3.63, 3.8) is 0 Å². The van der Waals surface area contributed by atoms with Gasteiger partial charge >= 0.3 is 0 Å². The van der Waals surface area contributed by atoms with E-state index in [1.165, 1.54) is 25.7 Å². The van der Waals surface area contributed by atoms with Crippen molar-refractivity contribution in [2.24, 2.45) is 0 Å². The number of hydrogen-bond donors (Lipinski definition) is 1. The molecule has 1 aliphatic rings. The molecule has 1 aliphatic carbocycles. The normalized spacial score (nSPS) is 22.5. The van der Waals surface area contributed by atoms with Crippen LogP contribution in [0.3, 0.4) is 0 Å². The van der Waals surface area contributed by atoms with Crippen LogP contribution in [0.5, 0.6) is 0 Å². The fraction of sp³-hybridized carbons (Fsp3) is 0.625. The zero-order valence-electron chi connectivity index (χ0n) is 13.1. The predicted molar refractivity (Wildman–Crippen MR) is 84.4 cm³/mol. The van der Waals surface area contributed by atoms with Crippen LogP contribution in [0.15, 0.2) is 18.2 Å².